The van der Waals surface area contributed by atoms with Crippen molar-refractivity contribution in [2.24, 2.45) is 0 Å². The van der Waals surface area contributed by atoms with E-state index in [2.05, 4.69) is 84.6 Å². The molecule has 4 heteroatoms. The Kier molecular flexibility index (Phi) is 8.16. The molecule has 0 saturated carbocycles. The lowest BCUT2D eigenvalue weighted by Gasteiger charge is -2.38. The van der Waals surface area contributed by atoms with E-state index in [1.807, 2.05) is 60.7 Å². The molecule has 0 spiro atoms. The van der Waals surface area contributed by atoms with E-state index in [0.29, 0.717) is 24.5 Å². The summed E-state index contributed by atoms with van der Waals surface area (Å²) in [4.78, 5) is 16.8. The summed E-state index contributed by atoms with van der Waals surface area (Å²) in [5.41, 5.74) is 5.33. The van der Waals surface area contributed by atoms with E-state index in [1.165, 1.54) is 16.7 Å². The van der Waals surface area contributed by atoms with Gasteiger partial charge < -0.3 is 9.47 Å². The largest absolute Gasteiger partial charge is 0.463 e. The number of ether oxygens (including phenoxy) is 2. The topological polar surface area (TPSA) is 38.8 Å². The van der Waals surface area contributed by atoms with Crippen LogP contribution in [-0.2, 0) is 34.5 Å². The first-order valence-corrected chi connectivity index (χ1v) is 14.5. The molecule has 0 aromatic heterocycles. The molecule has 0 atom stereocenters. The van der Waals surface area contributed by atoms with Gasteiger partial charge in [-0.15, -0.1) is 0 Å². The van der Waals surface area contributed by atoms with E-state index in [-0.39, 0.29) is 12.6 Å². The van der Waals surface area contributed by atoms with Crippen molar-refractivity contribution in [2.45, 2.75) is 31.8 Å². The van der Waals surface area contributed by atoms with E-state index in [1.54, 1.807) is 0 Å². The minimum Gasteiger partial charge on any atom is -0.463 e. The van der Waals surface area contributed by atoms with E-state index in [4.69, 9.17) is 9.47 Å². The fraction of sp³-hybridized carbons (Fsp3) is 0.184. The Morgan fingerprint density at radius 3 is 1.69 bits per heavy atom. The van der Waals surface area contributed by atoms with Crippen LogP contribution < -0.4 is 4.74 Å². The van der Waals surface area contributed by atoms with E-state index in [0.717, 1.165) is 29.8 Å². The fourth-order valence-corrected chi connectivity index (χ4v) is 5.86. The Bertz CT molecular complexity index is 1540. The molecule has 42 heavy (non-hydrogen) atoms. The van der Waals surface area contributed by atoms with Crippen LogP contribution in [0, 0.1) is 6.92 Å². The van der Waals surface area contributed by atoms with Crippen LogP contribution in [0.5, 0.6) is 11.5 Å². The first-order chi connectivity index (χ1) is 20.6. The molecule has 4 nitrogen and oxygen atoms in total. The third kappa shape index (κ3) is 5.86. The maximum Gasteiger partial charge on any atom is 0.321 e. The van der Waals surface area contributed by atoms with Gasteiger partial charge in [0.2, 0.25) is 0 Å². The number of hydrogen-bond acceptors (Lipinski definition) is 4. The van der Waals surface area contributed by atoms with Crippen molar-refractivity contribution in [1.82, 2.24) is 4.90 Å². The van der Waals surface area contributed by atoms with Gasteiger partial charge in [0, 0.05) is 30.8 Å². The molecule has 0 amide bonds. The van der Waals surface area contributed by atoms with E-state index in [9.17, 15) is 4.79 Å². The van der Waals surface area contributed by atoms with Gasteiger partial charge in [-0.05, 0) is 42.2 Å². The van der Waals surface area contributed by atoms with Crippen molar-refractivity contribution in [3.05, 3.63) is 167 Å². The molecule has 210 valence electrons. The normalized spacial score (nSPS) is 13.1. The number of esters is 1. The first-order valence-electron chi connectivity index (χ1n) is 14.5. The number of carbonyl (C=O) groups excluding carboxylic acids is 1. The van der Waals surface area contributed by atoms with E-state index < -0.39 is 5.41 Å². The second kappa shape index (κ2) is 12.5. The molecule has 0 radical (unpaired) electrons. The lowest BCUT2D eigenvalue weighted by atomic mass is 9.68. The SMILES string of the molecule is Cc1ccc(CC2(C(=O)OCCN(Cc3ccccc3)Cc3ccccc3)c3ccccc3Oc3ccccc32)cc1. The van der Waals surface area contributed by atoms with Crippen molar-refractivity contribution in [3.63, 3.8) is 0 Å². The summed E-state index contributed by atoms with van der Waals surface area (Å²) in [6, 6.07) is 44.9. The van der Waals surface area contributed by atoms with Gasteiger partial charge in [0.25, 0.3) is 0 Å². The van der Waals surface area contributed by atoms with Gasteiger partial charge in [0.05, 0.1) is 0 Å². The summed E-state index contributed by atoms with van der Waals surface area (Å²) >= 11 is 0. The van der Waals surface area contributed by atoms with Crippen LogP contribution in [-0.4, -0.2) is 24.0 Å². The Labute approximate surface area is 248 Å². The third-order valence-corrected chi connectivity index (χ3v) is 7.99. The second-order valence-electron chi connectivity index (χ2n) is 11.0. The Morgan fingerprint density at radius 1 is 0.643 bits per heavy atom. The van der Waals surface area contributed by atoms with Gasteiger partial charge in [0.15, 0.2) is 0 Å². The summed E-state index contributed by atoms with van der Waals surface area (Å²) in [5.74, 6) is 1.12. The monoisotopic (exact) mass is 553 g/mol. The fourth-order valence-electron chi connectivity index (χ4n) is 5.86. The van der Waals surface area contributed by atoms with Crippen LogP contribution in [0.4, 0.5) is 0 Å². The summed E-state index contributed by atoms with van der Waals surface area (Å²) in [5, 5.41) is 0. The average Bonchev–Trinajstić information content (AvgIpc) is 3.03. The Hall–Kier alpha value is -4.67. The summed E-state index contributed by atoms with van der Waals surface area (Å²) < 4.78 is 12.6. The molecule has 0 bridgehead atoms. The van der Waals surface area contributed by atoms with Crippen molar-refractivity contribution in [3.8, 4) is 11.5 Å². The number of aryl methyl sites for hydroxylation is 1. The Balaban J connectivity index is 1.30. The standard InChI is InChI=1S/C38H35NO3/c1-29-20-22-30(23-21-29)26-38(33-16-8-10-18-35(33)42-36-19-11-9-17-34(36)38)37(40)41-25-24-39(27-31-12-4-2-5-13-31)28-32-14-6-3-7-15-32/h2-23H,24-28H2,1H3. The zero-order chi connectivity index (χ0) is 28.8. The highest BCUT2D eigenvalue weighted by Crippen LogP contribution is 2.50. The summed E-state index contributed by atoms with van der Waals surface area (Å²) in [7, 11) is 0. The Morgan fingerprint density at radius 2 is 1.14 bits per heavy atom. The van der Waals surface area contributed by atoms with Gasteiger partial charge >= 0.3 is 5.97 Å². The number of rotatable bonds is 10. The molecule has 6 rings (SSSR count). The first kappa shape index (κ1) is 27.5. The lowest BCUT2D eigenvalue weighted by Crippen LogP contribution is -2.43. The van der Waals surface area contributed by atoms with Crippen molar-refractivity contribution in [1.29, 1.82) is 0 Å². The molecule has 1 aliphatic heterocycles. The van der Waals surface area contributed by atoms with Gasteiger partial charge in [0.1, 0.15) is 23.5 Å². The maximum absolute atomic E-state index is 14.5. The van der Waals surface area contributed by atoms with Gasteiger partial charge in [-0.1, -0.05) is 127 Å². The molecule has 1 heterocycles. The van der Waals surface area contributed by atoms with Crippen LogP contribution in [0.3, 0.4) is 0 Å². The molecule has 5 aromatic carbocycles. The highest BCUT2D eigenvalue weighted by Gasteiger charge is 2.49. The molecular weight excluding hydrogens is 518 g/mol. The highest BCUT2D eigenvalue weighted by molar-refractivity contribution is 5.91. The molecule has 0 unspecified atom stereocenters. The number of fused-ring (bicyclic) bond motifs is 2. The summed E-state index contributed by atoms with van der Waals surface area (Å²) in [6.07, 6.45) is 0.473. The average molecular weight is 554 g/mol. The van der Waals surface area contributed by atoms with E-state index >= 15 is 0 Å². The van der Waals surface area contributed by atoms with Crippen LogP contribution in [0.2, 0.25) is 0 Å². The molecule has 0 N–H and O–H groups in total. The molecule has 0 aliphatic carbocycles. The molecule has 0 saturated heterocycles. The van der Waals surface area contributed by atoms with Gasteiger partial charge in [-0.3, -0.25) is 9.69 Å². The zero-order valence-corrected chi connectivity index (χ0v) is 23.9. The van der Waals surface area contributed by atoms with Crippen LogP contribution >= 0.6 is 0 Å². The molecular formula is C38H35NO3. The minimum absolute atomic E-state index is 0.259. The van der Waals surface area contributed by atoms with Crippen LogP contribution in [0.25, 0.3) is 0 Å². The number of para-hydroxylation sites is 2. The smallest absolute Gasteiger partial charge is 0.321 e. The number of benzene rings is 5. The van der Waals surface area contributed by atoms with Crippen LogP contribution in [0.15, 0.2) is 133 Å². The number of carbonyl (C=O) groups is 1. The zero-order valence-electron chi connectivity index (χ0n) is 23.9. The third-order valence-electron chi connectivity index (χ3n) is 7.99. The number of nitrogens with zero attached hydrogens (tertiary/aromatic N) is 1. The highest BCUT2D eigenvalue weighted by atomic mass is 16.5. The van der Waals surface area contributed by atoms with Crippen molar-refractivity contribution in [2.75, 3.05) is 13.2 Å². The van der Waals surface area contributed by atoms with Crippen LogP contribution in [0.1, 0.15) is 33.4 Å². The summed E-state index contributed by atoms with van der Waals surface area (Å²) in [6.45, 7) is 4.49. The maximum atomic E-state index is 14.5. The second-order valence-corrected chi connectivity index (χ2v) is 11.0. The molecule has 0 fully saturated rings. The predicted octanol–water partition coefficient (Wildman–Crippen LogP) is 7.88. The van der Waals surface area contributed by atoms with Gasteiger partial charge in [-0.25, -0.2) is 0 Å². The lowest BCUT2D eigenvalue weighted by molar-refractivity contribution is -0.149. The van der Waals surface area contributed by atoms with Crippen molar-refractivity contribution >= 4 is 5.97 Å². The van der Waals surface area contributed by atoms with Crippen molar-refractivity contribution < 1.29 is 14.3 Å². The quantitative estimate of drug-likeness (QED) is 0.165. The molecule has 5 aromatic rings. The predicted molar refractivity (Wildman–Crippen MR) is 167 cm³/mol. The molecule has 1 aliphatic rings. The van der Waals surface area contributed by atoms with Gasteiger partial charge in [-0.2, -0.15) is 0 Å². The minimum atomic E-state index is -1.04. The number of hydrogen-bond donors (Lipinski definition) is 0.